The first kappa shape index (κ1) is 31.1. The van der Waals surface area contributed by atoms with Gasteiger partial charge in [-0.3, -0.25) is 0 Å². The second kappa shape index (κ2) is 13.5. The molecule has 0 aromatic heterocycles. The summed E-state index contributed by atoms with van der Waals surface area (Å²) >= 11 is 0. The maximum absolute atomic E-state index is 8.60. The first-order valence-corrected chi connectivity index (χ1v) is 8.47. The van der Waals surface area contributed by atoms with E-state index in [1.807, 2.05) is 6.92 Å². The van der Waals surface area contributed by atoms with E-state index in [0.717, 1.165) is 0 Å². The lowest BCUT2D eigenvalue weighted by atomic mass is 9.92. The van der Waals surface area contributed by atoms with E-state index in [2.05, 4.69) is 0 Å². The molecule has 0 atom stereocenters. The summed E-state index contributed by atoms with van der Waals surface area (Å²) in [6.45, 7) is 3.69. The lowest BCUT2D eigenvalue weighted by molar-refractivity contribution is -1.92. The molecule has 0 spiro atoms. The van der Waals surface area contributed by atoms with E-state index in [-0.39, 0.29) is 5.41 Å². The summed E-state index contributed by atoms with van der Waals surface area (Å²) in [7, 11) is -14.1. The SMILES string of the molecule is CC(CN)(CN)CN.[O-][Cl+3]([O-])([O-])O.[O-][Cl+3]([O-])([O-])O.[O-][Cl+3]([O-])([O-])O. The smallest absolute Gasteiger partial charge is 0.0777 e. The van der Waals surface area contributed by atoms with Crippen molar-refractivity contribution in [3.8, 4) is 0 Å². The van der Waals surface area contributed by atoms with Crippen molar-refractivity contribution in [3.05, 3.63) is 0 Å². The van der Waals surface area contributed by atoms with Crippen LogP contribution in [0.25, 0.3) is 0 Å². The Labute approximate surface area is 136 Å². The summed E-state index contributed by atoms with van der Waals surface area (Å²) < 4.78 is 98.2. The first-order valence-electron chi connectivity index (χ1n) is 4.68. The lowest BCUT2D eigenvalue weighted by Crippen LogP contribution is -2.58. The van der Waals surface area contributed by atoms with E-state index in [0.29, 0.717) is 19.6 Å². The van der Waals surface area contributed by atoms with Gasteiger partial charge in [-0.25, -0.2) is 0 Å². The third-order valence-corrected chi connectivity index (χ3v) is 1.48. The minimum Gasteiger partial charge on any atom is -0.330 e. The number of hydrogen-bond donors (Lipinski definition) is 6. The highest BCUT2D eigenvalue weighted by molar-refractivity contribution is 4.76. The van der Waals surface area contributed by atoms with Crippen LogP contribution in [0.5, 0.6) is 0 Å². The third kappa shape index (κ3) is 106. The van der Waals surface area contributed by atoms with Crippen molar-refractivity contribution in [2.24, 2.45) is 22.6 Å². The monoisotopic (exact) mass is 417 g/mol. The van der Waals surface area contributed by atoms with E-state index in [1.165, 1.54) is 0 Å². The molecule has 0 heterocycles. The van der Waals surface area contributed by atoms with E-state index in [9.17, 15) is 0 Å². The molecular formula is C5H18Cl3N3O12. The highest BCUT2D eigenvalue weighted by atomic mass is 35.7. The van der Waals surface area contributed by atoms with Gasteiger partial charge in [0.25, 0.3) is 0 Å². The van der Waals surface area contributed by atoms with Gasteiger partial charge in [-0.1, -0.05) is 6.92 Å². The van der Waals surface area contributed by atoms with Crippen molar-refractivity contribution in [3.63, 3.8) is 0 Å². The summed E-state index contributed by atoms with van der Waals surface area (Å²) in [5, 5.41) is 0. The van der Waals surface area contributed by atoms with Crippen LogP contribution >= 0.6 is 0 Å². The van der Waals surface area contributed by atoms with Gasteiger partial charge in [0.05, 0.1) is 44.7 Å². The molecule has 0 fully saturated rings. The molecular weight excluding hydrogens is 400 g/mol. The Hall–Kier alpha value is 0.270. The van der Waals surface area contributed by atoms with Crippen LogP contribution in [0.1, 0.15) is 6.92 Å². The standard InChI is InChI=1S/C5H15N3.3ClHO4/c1-5(2-6,3-7)4-8;3*2-1(3,4)5/h2-4,6-8H2,1H3;3*(H,2,3,4,5). The van der Waals surface area contributed by atoms with Crippen LogP contribution in [0.15, 0.2) is 0 Å². The maximum atomic E-state index is 8.60. The van der Waals surface area contributed by atoms with E-state index in [1.54, 1.807) is 0 Å². The van der Waals surface area contributed by atoms with Crippen molar-refractivity contribution in [1.82, 2.24) is 0 Å². The molecule has 9 N–H and O–H groups in total. The van der Waals surface area contributed by atoms with Gasteiger partial charge in [-0.2, -0.15) is 41.9 Å². The average molecular weight is 419 g/mol. The molecule has 0 saturated carbocycles. The number of rotatable bonds is 3. The Morgan fingerprint density at radius 3 is 0.696 bits per heavy atom. The van der Waals surface area contributed by atoms with Gasteiger partial charge in [0, 0.05) is 25.0 Å². The topological polar surface area (TPSA) is 346 Å². The summed E-state index contributed by atoms with van der Waals surface area (Å²) in [5.41, 5.74) is 16.1. The van der Waals surface area contributed by atoms with Crippen molar-refractivity contribution < 1.29 is 86.6 Å². The highest BCUT2D eigenvalue weighted by Crippen LogP contribution is 2.07. The summed E-state index contributed by atoms with van der Waals surface area (Å²) in [4.78, 5) is 0. The molecule has 0 aromatic carbocycles. The van der Waals surface area contributed by atoms with Crippen LogP contribution < -0.4 is 59.1 Å². The largest absolute Gasteiger partial charge is 0.330 e. The van der Waals surface area contributed by atoms with Crippen LogP contribution in [0, 0.1) is 36.1 Å². The fourth-order valence-electron chi connectivity index (χ4n) is 0.250. The normalized spacial score (nSPS) is 12.0. The molecule has 18 heteroatoms. The average Bonchev–Trinajstić information content (AvgIpc) is 2.21. The quantitative estimate of drug-likeness (QED) is 0.247. The zero-order chi connectivity index (χ0) is 20.1. The molecule has 146 valence electrons. The molecule has 23 heavy (non-hydrogen) atoms. The molecule has 0 saturated heterocycles. The Kier molecular flexibility index (Phi) is 18.3. The highest BCUT2D eigenvalue weighted by Gasteiger charge is 2.16. The van der Waals surface area contributed by atoms with Gasteiger partial charge in [0.15, 0.2) is 0 Å². The van der Waals surface area contributed by atoms with Gasteiger partial charge < -0.3 is 17.2 Å². The molecule has 0 aliphatic carbocycles. The van der Waals surface area contributed by atoms with Crippen LogP contribution in [0.4, 0.5) is 0 Å². The molecule has 0 aliphatic heterocycles. The molecule has 0 bridgehead atoms. The van der Waals surface area contributed by atoms with Crippen LogP contribution in [0.3, 0.4) is 0 Å². The predicted octanol–water partition coefficient (Wildman–Crippen LogP) is -13.5. The fraction of sp³-hybridized carbons (Fsp3) is 1.00. The molecule has 0 rings (SSSR count). The van der Waals surface area contributed by atoms with Crippen LogP contribution in [-0.4, -0.2) is 33.6 Å². The van der Waals surface area contributed by atoms with Gasteiger partial charge >= 0.3 is 0 Å². The minimum atomic E-state index is -4.69. The van der Waals surface area contributed by atoms with Crippen molar-refractivity contribution in [2.45, 2.75) is 6.92 Å². The zero-order valence-electron chi connectivity index (χ0n) is 11.5. The summed E-state index contributed by atoms with van der Waals surface area (Å²) in [6, 6.07) is 0. The van der Waals surface area contributed by atoms with Gasteiger partial charge in [0.1, 0.15) is 0 Å². The molecule has 0 aliphatic rings. The first-order chi connectivity index (χ1) is 9.68. The second-order valence-electron chi connectivity index (χ2n) is 3.61. The maximum Gasteiger partial charge on any atom is 0.0777 e. The molecule has 0 amide bonds. The summed E-state index contributed by atoms with van der Waals surface area (Å²) in [5.74, 6) is 0. The number of nitrogens with two attached hydrogens (primary N) is 3. The van der Waals surface area contributed by atoms with Gasteiger partial charge in [0.2, 0.25) is 0 Å². The van der Waals surface area contributed by atoms with Gasteiger partial charge in [-0.15, -0.1) is 0 Å². The molecule has 0 aromatic rings. The Morgan fingerprint density at radius 2 is 0.696 bits per heavy atom. The van der Waals surface area contributed by atoms with Crippen molar-refractivity contribution >= 4 is 0 Å². The second-order valence-corrected chi connectivity index (χ2v) is 5.99. The third-order valence-electron chi connectivity index (χ3n) is 1.48. The lowest BCUT2D eigenvalue weighted by Gasteiger charge is -2.22. The van der Waals surface area contributed by atoms with Crippen LogP contribution in [0.2, 0.25) is 0 Å². The molecule has 15 nitrogen and oxygen atoms in total. The Morgan fingerprint density at radius 1 is 0.609 bits per heavy atom. The number of halogens is 3. The number of hydrogen-bond acceptors (Lipinski definition) is 15. The van der Waals surface area contributed by atoms with Crippen LogP contribution in [-0.2, 0) is 0 Å². The van der Waals surface area contributed by atoms with E-state index in [4.69, 9.17) is 73.1 Å². The van der Waals surface area contributed by atoms with E-state index >= 15 is 0 Å². The van der Waals surface area contributed by atoms with Gasteiger partial charge in [-0.05, 0) is 0 Å². The molecule has 0 unspecified atom stereocenters. The predicted molar refractivity (Wildman–Crippen MR) is 41.9 cm³/mol. The zero-order valence-corrected chi connectivity index (χ0v) is 13.8. The Balaban J connectivity index is -0.000000108. The van der Waals surface area contributed by atoms with Crippen molar-refractivity contribution in [1.29, 1.82) is 0 Å². The summed E-state index contributed by atoms with van der Waals surface area (Å²) in [6.07, 6.45) is 0. The fourth-order valence-corrected chi connectivity index (χ4v) is 0.250. The molecule has 0 radical (unpaired) electrons. The Bertz CT molecular complexity index is 207. The van der Waals surface area contributed by atoms with E-state index < -0.39 is 30.7 Å². The van der Waals surface area contributed by atoms with Crippen molar-refractivity contribution in [2.75, 3.05) is 19.6 Å². The minimum absolute atomic E-state index is 0.0417.